The minimum Gasteiger partial charge on any atom is -0.425 e. The second-order valence-electron chi connectivity index (χ2n) is 5.99. The number of likely N-dealkylation sites (tertiary alicyclic amines) is 1. The van der Waals surface area contributed by atoms with E-state index in [4.69, 9.17) is 4.42 Å². The summed E-state index contributed by atoms with van der Waals surface area (Å²) in [6.07, 6.45) is 6.87. The fourth-order valence-corrected chi connectivity index (χ4v) is 3.06. The van der Waals surface area contributed by atoms with E-state index in [0.29, 0.717) is 12.0 Å². The van der Waals surface area contributed by atoms with E-state index in [1.807, 2.05) is 26.2 Å². The summed E-state index contributed by atoms with van der Waals surface area (Å²) in [5.41, 5.74) is 1.15. The molecule has 0 aromatic carbocycles. The van der Waals surface area contributed by atoms with Gasteiger partial charge in [-0.15, -0.1) is 10.2 Å². The molecule has 6 heteroatoms. The zero-order valence-corrected chi connectivity index (χ0v) is 13.5. The van der Waals surface area contributed by atoms with Crippen LogP contribution in [-0.2, 0) is 13.0 Å². The average molecular weight is 301 g/mol. The van der Waals surface area contributed by atoms with Crippen LogP contribution in [0.2, 0.25) is 0 Å². The molecule has 2 aromatic heterocycles. The molecular formula is C16H23N5O. The van der Waals surface area contributed by atoms with E-state index >= 15 is 0 Å². The minimum atomic E-state index is 0.313. The Hall–Kier alpha value is -1.82. The number of nitrogens with zero attached hydrogens (tertiary/aromatic N) is 5. The molecule has 22 heavy (non-hydrogen) atoms. The van der Waals surface area contributed by atoms with Crippen LogP contribution in [0, 0.1) is 6.92 Å². The first kappa shape index (κ1) is 15.1. The van der Waals surface area contributed by atoms with E-state index in [1.165, 1.54) is 0 Å². The van der Waals surface area contributed by atoms with Gasteiger partial charge in [0.1, 0.15) is 5.82 Å². The molecular weight excluding hydrogens is 278 g/mol. The summed E-state index contributed by atoms with van der Waals surface area (Å²) < 4.78 is 5.78. The van der Waals surface area contributed by atoms with Crippen LogP contribution < -0.4 is 0 Å². The Morgan fingerprint density at radius 2 is 2.05 bits per heavy atom. The van der Waals surface area contributed by atoms with Crippen molar-refractivity contribution in [3.8, 4) is 0 Å². The molecule has 0 spiro atoms. The molecule has 1 aliphatic rings. The van der Waals surface area contributed by atoms with Gasteiger partial charge >= 0.3 is 0 Å². The number of hydrogen-bond donors (Lipinski definition) is 0. The van der Waals surface area contributed by atoms with Gasteiger partial charge in [0.25, 0.3) is 0 Å². The molecule has 0 radical (unpaired) electrons. The molecule has 2 aromatic rings. The van der Waals surface area contributed by atoms with Gasteiger partial charge in [-0.25, -0.2) is 9.97 Å². The van der Waals surface area contributed by atoms with Gasteiger partial charge in [0.2, 0.25) is 11.8 Å². The number of piperidine rings is 1. The van der Waals surface area contributed by atoms with Crippen LogP contribution in [0.4, 0.5) is 0 Å². The molecule has 0 saturated carbocycles. The Balaban J connectivity index is 1.71. The monoisotopic (exact) mass is 301 g/mol. The standard InChI is InChI=1S/C16H23N5O/c1-4-15-19-20-16(22-15)14-6-5-7-21(11(14)2)10-13-8-17-12(3)18-9-13/h8-9,11,14H,4-7,10H2,1-3H3/t11-,14-/m0/s1. The smallest absolute Gasteiger partial charge is 0.221 e. The van der Waals surface area contributed by atoms with Crippen LogP contribution in [-0.4, -0.2) is 37.7 Å². The van der Waals surface area contributed by atoms with Crippen LogP contribution in [0.5, 0.6) is 0 Å². The van der Waals surface area contributed by atoms with Crippen molar-refractivity contribution in [2.24, 2.45) is 0 Å². The molecule has 1 saturated heterocycles. The zero-order chi connectivity index (χ0) is 15.5. The van der Waals surface area contributed by atoms with Gasteiger partial charge in [0.15, 0.2) is 0 Å². The molecule has 1 aliphatic heterocycles. The fraction of sp³-hybridized carbons (Fsp3) is 0.625. The van der Waals surface area contributed by atoms with Gasteiger partial charge in [0, 0.05) is 37.0 Å². The van der Waals surface area contributed by atoms with E-state index in [1.54, 1.807) is 0 Å². The maximum atomic E-state index is 5.78. The van der Waals surface area contributed by atoms with Gasteiger partial charge < -0.3 is 4.42 Å². The van der Waals surface area contributed by atoms with Crippen molar-refractivity contribution in [1.82, 2.24) is 25.1 Å². The number of aromatic nitrogens is 4. The number of aryl methyl sites for hydroxylation is 2. The Morgan fingerprint density at radius 3 is 2.73 bits per heavy atom. The Morgan fingerprint density at radius 1 is 1.27 bits per heavy atom. The van der Waals surface area contributed by atoms with Gasteiger partial charge in [-0.05, 0) is 33.2 Å². The third-order valence-electron chi connectivity index (χ3n) is 4.44. The highest BCUT2D eigenvalue weighted by atomic mass is 16.4. The first-order chi connectivity index (χ1) is 10.7. The van der Waals surface area contributed by atoms with Crippen LogP contribution in [0.1, 0.15) is 55.8 Å². The molecule has 118 valence electrons. The highest BCUT2D eigenvalue weighted by Crippen LogP contribution is 2.32. The van der Waals surface area contributed by atoms with Crippen molar-refractivity contribution < 1.29 is 4.42 Å². The van der Waals surface area contributed by atoms with Crippen molar-refractivity contribution in [2.45, 2.75) is 58.5 Å². The van der Waals surface area contributed by atoms with Crippen molar-refractivity contribution in [3.63, 3.8) is 0 Å². The Bertz CT molecular complexity index is 609. The molecule has 0 aliphatic carbocycles. The predicted octanol–water partition coefficient (Wildman–Crippen LogP) is 2.50. The van der Waals surface area contributed by atoms with Gasteiger partial charge in [0.05, 0.1) is 5.92 Å². The van der Waals surface area contributed by atoms with Crippen LogP contribution in [0.3, 0.4) is 0 Å². The maximum absolute atomic E-state index is 5.78. The Labute approximate surface area is 131 Å². The molecule has 2 atom stereocenters. The summed E-state index contributed by atoms with van der Waals surface area (Å²) in [4.78, 5) is 11.0. The number of rotatable bonds is 4. The average Bonchev–Trinajstić information content (AvgIpc) is 3.00. The summed E-state index contributed by atoms with van der Waals surface area (Å²) in [5.74, 6) is 2.64. The van der Waals surface area contributed by atoms with Crippen molar-refractivity contribution >= 4 is 0 Å². The summed E-state index contributed by atoms with van der Waals surface area (Å²) in [5, 5.41) is 8.35. The first-order valence-corrected chi connectivity index (χ1v) is 8.01. The summed E-state index contributed by atoms with van der Waals surface area (Å²) in [6.45, 7) is 8.14. The lowest BCUT2D eigenvalue weighted by atomic mass is 9.90. The molecule has 6 nitrogen and oxygen atoms in total. The molecule has 0 N–H and O–H groups in total. The highest BCUT2D eigenvalue weighted by Gasteiger charge is 2.32. The minimum absolute atomic E-state index is 0.313. The molecule has 0 amide bonds. The fourth-order valence-electron chi connectivity index (χ4n) is 3.06. The maximum Gasteiger partial charge on any atom is 0.221 e. The van der Waals surface area contributed by atoms with Crippen molar-refractivity contribution in [1.29, 1.82) is 0 Å². The van der Waals surface area contributed by atoms with E-state index in [-0.39, 0.29) is 0 Å². The molecule has 0 bridgehead atoms. The van der Waals surface area contributed by atoms with Crippen molar-refractivity contribution in [3.05, 3.63) is 35.6 Å². The lowest BCUT2D eigenvalue weighted by Crippen LogP contribution is -2.41. The molecule has 0 unspecified atom stereocenters. The quantitative estimate of drug-likeness (QED) is 0.864. The lowest BCUT2D eigenvalue weighted by molar-refractivity contribution is 0.118. The van der Waals surface area contributed by atoms with Crippen molar-refractivity contribution in [2.75, 3.05) is 6.54 Å². The van der Waals surface area contributed by atoms with Gasteiger partial charge in [-0.3, -0.25) is 4.90 Å². The predicted molar refractivity (Wildman–Crippen MR) is 82.3 cm³/mol. The first-order valence-electron chi connectivity index (χ1n) is 8.01. The topological polar surface area (TPSA) is 67.9 Å². The van der Waals surface area contributed by atoms with Crippen LogP contribution >= 0.6 is 0 Å². The largest absolute Gasteiger partial charge is 0.425 e. The lowest BCUT2D eigenvalue weighted by Gasteiger charge is -2.37. The third-order valence-corrected chi connectivity index (χ3v) is 4.44. The zero-order valence-electron chi connectivity index (χ0n) is 13.5. The molecule has 1 fully saturated rings. The van der Waals surface area contributed by atoms with E-state index in [2.05, 4.69) is 32.0 Å². The summed E-state index contributed by atoms with van der Waals surface area (Å²) >= 11 is 0. The van der Waals surface area contributed by atoms with Crippen LogP contribution in [0.25, 0.3) is 0 Å². The molecule has 3 heterocycles. The third kappa shape index (κ3) is 3.16. The highest BCUT2D eigenvalue weighted by molar-refractivity contribution is 5.07. The second kappa shape index (κ2) is 6.52. The molecule has 3 rings (SSSR count). The van der Waals surface area contributed by atoms with Gasteiger partial charge in [-0.1, -0.05) is 6.92 Å². The van der Waals surface area contributed by atoms with Gasteiger partial charge in [-0.2, -0.15) is 0 Å². The Kier molecular flexibility index (Phi) is 4.47. The van der Waals surface area contributed by atoms with E-state index in [0.717, 1.165) is 55.5 Å². The summed E-state index contributed by atoms with van der Waals surface area (Å²) in [7, 11) is 0. The number of hydrogen-bond acceptors (Lipinski definition) is 6. The summed E-state index contributed by atoms with van der Waals surface area (Å²) in [6, 6.07) is 0.375. The van der Waals surface area contributed by atoms with E-state index < -0.39 is 0 Å². The van der Waals surface area contributed by atoms with E-state index in [9.17, 15) is 0 Å². The normalized spacial score (nSPS) is 22.9. The second-order valence-corrected chi connectivity index (χ2v) is 5.99. The SMILES string of the molecule is CCc1nnc([C@H]2CCCN(Cc3cnc(C)nc3)[C@H]2C)o1. The van der Waals surface area contributed by atoms with Crippen LogP contribution in [0.15, 0.2) is 16.8 Å².